The summed E-state index contributed by atoms with van der Waals surface area (Å²) >= 11 is 0. The Morgan fingerprint density at radius 3 is 2.53 bits per heavy atom. The summed E-state index contributed by atoms with van der Waals surface area (Å²) < 4.78 is 5.62. The minimum absolute atomic E-state index is 0.206. The van der Waals surface area contributed by atoms with Gasteiger partial charge < -0.3 is 9.64 Å². The molecule has 3 nitrogen and oxygen atoms in total. The van der Waals surface area contributed by atoms with Crippen LogP contribution < -0.4 is 0 Å². The third-order valence-corrected chi connectivity index (χ3v) is 3.10. The second-order valence-electron chi connectivity index (χ2n) is 3.97. The van der Waals surface area contributed by atoms with Crippen molar-refractivity contribution in [2.45, 2.75) is 58.6 Å². The van der Waals surface area contributed by atoms with E-state index in [4.69, 9.17) is 4.74 Å². The first kappa shape index (κ1) is 12.5. The molecule has 15 heavy (non-hydrogen) atoms. The molecule has 0 bridgehead atoms. The summed E-state index contributed by atoms with van der Waals surface area (Å²) in [5.74, 6) is 0.206. The second-order valence-corrected chi connectivity index (χ2v) is 3.97. The average molecular weight is 213 g/mol. The Bertz CT molecular complexity index is 200. The lowest BCUT2D eigenvalue weighted by atomic mass is 10.1. The lowest BCUT2D eigenvalue weighted by molar-refractivity contribution is -0.131. The molecule has 0 aromatic heterocycles. The third-order valence-electron chi connectivity index (χ3n) is 3.10. The summed E-state index contributed by atoms with van der Waals surface area (Å²) in [5, 5.41) is 0. The van der Waals surface area contributed by atoms with Crippen molar-refractivity contribution < 1.29 is 9.53 Å². The SMILES string of the molecule is CC.CC(=O)N1CCCC1C1CCCO1. The number of rotatable bonds is 1. The van der Waals surface area contributed by atoms with Crippen LogP contribution in [0.5, 0.6) is 0 Å². The maximum Gasteiger partial charge on any atom is 0.219 e. The first-order chi connectivity index (χ1) is 7.29. The second kappa shape index (κ2) is 6.11. The number of amides is 1. The quantitative estimate of drug-likeness (QED) is 0.668. The third kappa shape index (κ3) is 2.94. The Morgan fingerprint density at radius 2 is 2.00 bits per heavy atom. The van der Waals surface area contributed by atoms with E-state index in [1.165, 1.54) is 0 Å². The van der Waals surface area contributed by atoms with Gasteiger partial charge in [0, 0.05) is 20.1 Å². The zero-order valence-electron chi connectivity index (χ0n) is 10.2. The van der Waals surface area contributed by atoms with Crippen LogP contribution in [0.1, 0.15) is 46.5 Å². The molecule has 2 saturated heterocycles. The monoisotopic (exact) mass is 213 g/mol. The fourth-order valence-corrected chi connectivity index (χ4v) is 2.48. The van der Waals surface area contributed by atoms with Gasteiger partial charge >= 0.3 is 0 Å². The Kier molecular flexibility index (Phi) is 5.09. The van der Waals surface area contributed by atoms with Crippen LogP contribution in [-0.2, 0) is 9.53 Å². The number of likely N-dealkylation sites (tertiary alicyclic amines) is 1. The normalized spacial score (nSPS) is 29.9. The molecule has 2 fully saturated rings. The molecule has 0 radical (unpaired) electrons. The van der Waals surface area contributed by atoms with Crippen molar-refractivity contribution in [2.75, 3.05) is 13.2 Å². The van der Waals surface area contributed by atoms with Crippen LogP contribution in [0.2, 0.25) is 0 Å². The van der Waals surface area contributed by atoms with E-state index in [1.54, 1.807) is 6.92 Å². The van der Waals surface area contributed by atoms with E-state index in [1.807, 2.05) is 18.7 Å². The highest BCUT2D eigenvalue weighted by molar-refractivity contribution is 5.74. The zero-order valence-corrected chi connectivity index (χ0v) is 10.2. The van der Waals surface area contributed by atoms with Crippen LogP contribution in [0.3, 0.4) is 0 Å². The standard InChI is InChI=1S/C10H17NO2.C2H6/c1-8(12)11-6-2-4-9(11)10-5-3-7-13-10;1-2/h9-10H,2-7H2,1H3;1-2H3. The molecule has 1 amide bonds. The minimum Gasteiger partial charge on any atom is -0.376 e. The molecule has 2 unspecified atom stereocenters. The molecule has 0 aromatic rings. The molecule has 2 aliphatic heterocycles. The smallest absolute Gasteiger partial charge is 0.219 e. The van der Waals surface area contributed by atoms with E-state index in [9.17, 15) is 4.79 Å². The molecule has 0 N–H and O–H groups in total. The molecular weight excluding hydrogens is 190 g/mol. The zero-order chi connectivity index (χ0) is 11.3. The van der Waals surface area contributed by atoms with Crippen molar-refractivity contribution in [1.29, 1.82) is 0 Å². The van der Waals surface area contributed by atoms with Crippen molar-refractivity contribution in [3.63, 3.8) is 0 Å². The minimum atomic E-state index is 0.206. The van der Waals surface area contributed by atoms with Gasteiger partial charge in [-0.15, -0.1) is 0 Å². The van der Waals surface area contributed by atoms with Crippen molar-refractivity contribution >= 4 is 5.91 Å². The molecule has 2 aliphatic rings. The Hall–Kier alpha value is -0.570. The van der Waals surface area contributed by atoms with Gasteiger partial charge in [-0.05, 0) is 25.7 Å². The molecule has 2 atom stereocenters. The van der Waals surface area contributed by atoms with Crippen molar-refractivity contribution in [2.24, 2.45) is 0 Å². The fourth-order valence-electron chi connectivity index (χ4n) is 2.48. The van der Waals surface area contributed by atoms with Gasteiger partial charge in [-0.3, -0.25) is 4.79 Å². The Morgan fingerprint density at radius 1 is 1.27 bits per heavy atom. The summed E-state index contributed by atoms with van der Waals surface area (Å²) in [5.41, 5.74) is 0. The number of nitrogens with zero attached hydrogens (tertiary/aromatic N) is 1. The Balaban J connectivity index is 0.000000531. The lowest BCUT2D eigenvalue weighted by Gasteiger charge is -2.27. The van der Waals surface area contributed by atoms with Crippen molar-refractivity contribution in [3.05, 3.63) is 0 Å². The van der Waals surface area contributed by atoms with E-state index in [0.717, 1.165) is 38.8 Å². The molecule has 0 spiro atoms. The average Bonchev–Trinajstić information content (AvgIpc) is 2.91. The van der Waals surface area contributed by atoms with Gasteiger partial charge in [0.15, 0.2) is 0 Å². The number of carbonyl (C=O) groups excluding carboxylic acids is 1. The highest BCUT2D eigenvalue weighted by Gasteiger charge is 2.35. The molecule has 0 aromatic carbocycles. The van der Waals surface area contributed by atoms with E-state index in [2.05, 4.69) is 0 Å². The highest BCUT2D eigenvalue weighted by Crippen LogP contribution is 2.27. The first-order valence-corrected chi connectivity index (χ1v) is 6.18. The van der Waals surface area contributed by atoms with Crippen LogP contribution >= 0.6 is 0 Å². The number of ether oxygens (including phenoxy) is 1. The van der Waals surface area contributed by atoms with Crippen molar-refractivity contribution in [1.82, 2.24) is 4.90 Å². The number of hydrogen-bond acceptors (Lipinski definition) is 2. The van der Waals surface area contributed by atoms with Crippen LogP contribution in [0.15, 0.2) is 0 Å². The van der Waals surface area contributed by atoms with Gasteiger partial charge in [0.05, 0.1) is 12.1 Å². The fraction of sp³-hybridized carbons (Fsp3) is 0.917. The van der Waals surface area contributed by atoms with Gasteiger partial charge in [-0.25, -0.2) is 0 Å². The molecule has 3 heteroatoms. The van der Waals surface area contributed by atoms with E-state index in [-0.39, 0.29) is 5.91 Å². The molecule has 88 valence electrons. The van der Waals surface area contributed by atoms with Crippen LogP contribution in [0.25, 0.3) is 0 Å². The summed E-state index contributed by atoms with van der Waals surface area (Å²) in [7, 11) is 0. The van der Waals surface area contributed by atoms with Gasteiger partial charge in [0.25, 0.3) is 0 Å². The van der Waals surface area contributed by atoms with Crippen LogP contribution in [0.4, 0.5) is 0 Å². The predicted molar refractivity (Wildman–Crippen MR) is 60.7 cm³/mol. The number of carbonyl (C=O) groups is 1. The summed E-state index contributed by atoms with van der Waals surface area (Å²) in [6.07, 6.45) is 4.89. The molecule has 0 saturated carbocycles. The largest absolute Gasteiger partial charge is 0.376 e. The van der Waals surface area contributed by atoms with Crippen LogP contribution in [0, 0.1) is 0 Å². The van der Waals surface area contributed by atoms with Gasteiger partial charge in [0.2, 0.25) is 5.91 Å². The molecular formula is C12H23NO2. The summed E-state index contributed by atoms with van der Waals surface area (Å²) in [6, 6.07) is 0.375. The molecule has 2 heterocycles. The number of hydrogen-bond donors (Lipinski definition) is 0. The lowest BCUT2D eigenvalue weighted by Crippen LogP contribution is -2.41. The summed E-state index contributed by atoms with van der Waals surface area (Å²) in [6.45, 7) is 7.47. The van der Waals surface area contributed by atoms with E-state index < -0.39 is 0 Å². The van der Waals surface area contributed by atoms with Gasteiger partial charge in [-0.1, -0.05) is 13.8 Å². The maximum atomic E-state index is 11.3. The topological polar surface area (TPSA) is 29.5 Å². The van der Waals surface area contributed by atoms with E-state index >= 15 is 0 Å². The van der Waals surface area contributed by atoms with Gasteiger partial charge in [-0.2, -0.15) is 0 Å². The first-order valence-electron chi connectivity index (χ1n) is 6.18. The summed E-state index contributed by atoms with van der Waals surface area (Å²) in [4.78, 5) is 13.3. The van der Waals surface area contributed by atoms with Crippen molar-refractivity contribution in [3.8, 4) is 0 Å². The molecule has 2 rings (SSSR count). The van der Waals surface area contributed by atoms with Crippen LogP contribution in [-0.4, -0.2) is 36.1 Å². The maximum absolute atomic E-state index is 11.3. The molecule has 0 aliphatic carbocycles. The predicted octanol–water partition coefficient (Wildman–Crippen LogP) is 2.20. The highest BCUT2D eigenvalue weighted by atomic mass is 16.5. The Labute approximate surface area is 92.8 Å². The van der Waals surface area contributed by atoms with Gasteiger partial charge in [0.1, 0.15) is 0 Å². The van der Waals surface area contributed by atoms with E-state index in [0.29, 0.717) is 12.1 Å².